The van der Waals surface area contributed by atoms with Gasteiger partial charge in [-0.05, 0) is 24.3 Å². The number of carbonyl (C=O) groups is 1. The second kappa shape index (κ2) is 7.96. The molecule has 1 aromatic carbocycles. The van der Waals surface area contributed by atoms with Gasteiger partial charge >= 0.3 is 0 Å². The molecule has 160 valence electrons. The number of nitrogens with one attached hydrogen (secondary N) is 2. The molecular formula is C19H19N7O3S2. The van der Waals surface area contributed by atoms with Crippen LogP contribution in [0.4, 0.5) is 5.69 Å². The van der Waals surface area contributed by atoms with Gasteiger partial charge in [0.1, 0.15) is 21.6 Å². The van der Waals surface area contributed by atoms with Gasteiger partial charge in [-0.15, -0.1) is 0 Å². The average molecular weight is 458 g/mol. The molecule has 4 heterocycles. The van der Waals surface area contributed by atoms with Crippen molar-refractivity contribution in [3.05, 3.63) is 42.7 Å². The standard InChI is InChI=1S/C19H19N7O3S2/c27-17(22-14-4-1-5-15-18(14)24-30-23-15)12-25-7-9-26(10-8-25)31(28,29)16-11-21-19-13(16)3-2-6-20-19/h1-6,11H,7-10,12H2,(H,20,21)(H,22,27). The topological polar surface area (TPSA) is 124 Å². The molecule has 0 aliphatic carbocycles. The quantitative estimate of drug-likeness (QED) is 0.465. The minimum atomic E-state index is -3.64. The van der Waals surface area contributed by atoms with Crippen LogP contribution in [-0.2, 0) is 14.8 Å². The van der Waals surface area contributed by atoms with Crippen molar-refractivity contribution in [2.75, 3.05) is 38.0 Å². The molecule has 1 fully saturated rings. The monoisotopic (exact) mass is 457 g/mol. The fraction of sp³-hybridized carbons (Fsp3) is 0.263. The van der Waals surface area contributed by atoms with Gasteiger partial charge in [0.2, 0.25) is 15.9 Å². The van der Waals surface area contributed by atoms with Crippen molar-refractivity contribution < 1.29 is 13.2 Å². The zero-order chi connectivity index (χ0) is 21.4. The average Bonchev–Trinajstić information content (AvgIpc) is 3.42. The molecule has 3 aromatic heterocycles. The second-order valence-electron chi connectivity index (χ2n) is 7.22. The summed E-state index contributed by atoms with van der Waals surface area (Å²) in [5.41, 5.74) is 2.59. The van der Waals surface area contributed by atoms with Crippen LogP contribution in [0.15, 0.2) is 47.6 Å². The Balaban J connectivity index is 1.22. The number of nitrogens with zero attached hydrogens (tertiary/aromatic N) is 5. The lowest BCUT2D eigenvalue weighted by molar-refractivity contribution is -0.117. The van der Waals surface area contributed by atoms with Crippen LogP contribution in [0.25, 0.3) is 22.1 Å². The van der Waals surface area contributed by atoms with Gasteiger partial charge in [0, 0.05) is 44.0 Å². The number of aromatic amines is 1. The van der Waals surface area contributed by atoms with Crippen LogP contribution in [0.2, 0.25) is 0 Å². The van der Waals surface area contributed by atoms with E-state index >= 15 is 0 Å². The Morgan fingerprint density at radius 1 is 1.13 bits per heavy atom. The van der Waals surface area contributed by atoms with E-state index in [4.69, 9.17) is 0 Å². The number of carbonyl (C=O) groups excluding carboxylic acids is 1. The molecule has 5 rings (SSSR count). The maximum atomic E-state index is 13.1. The number of piperazine rings is 1. The van der Waals surface area contributed by atoms with E-state index in [9.17, 15) is 13.2 Å². The first-order valence-corrected chi connectivity index (χ1v) is 11.9. The zero-order valence-electron chi connectivity index (χ0n) is 16.4. The molecule has 1 amide bonds. The van der Waals surface area contributed by atoms with Crippen molar-refractivity contribution in [1.82, 2.24) is 27.9 Å². The SMILES string of the molecule is O=C(CN1CCN(S(=O)(=O)c2c[nH]c3ncccc23)CC1)Nc1cccc2nsnc12. The van der Waals surface area contributed by atoms with Crippen LogP contribution in [-0.4, -0.2) is 75.0 Å². The highest BCUT2D eigenvalue weighted by atomic mass is 32.2. The molecule has 12 heteroatoms. The molecule has 0 saturated carbocycles. The van der Waals surface area contributed by atoms with Crippen LogP contribution in [0, 0.1) is 0 Å². The molecule has 10 nitrogen and oxygen atoms in total. The van der Waals surface area contributed by atoms with Crippen molar-refractivity contribution in [2.45, 2.75) is 4.90 Å². The van der Waals surface area contributed by atoms with Crippen LogP contribution >= 0.6 is 11.7 Å². The van der Waals surface area contributed by atoms with E-state index in [0.29, 0.717) is 48.4 Å². The Morgan fingerprint density at radius 2 is 1.97 bits per heavy atom. The Bertz CT molecular complexity index is 1360. The van der Waals surface area contributed by atoms with Gasteiger partial charge < -0.3 is 10.3 Å². The van der Waals surface area contributed by atoms with E-state index in [1.54, 1.807) is 24.4 Å². The molecule has 1 aliphatic heterocycles. The summed E-state index contributed by atoms with van der Waals surface area (Å²) < 4.78 is 36.1. The van der Waals surface area contributed by atoms with Gasteiger partial charge in [0.05, 0.1) is 24.0 Å². The Hall–Kier alpha value is -2.93. The van der Waals surface area contributed by atoms with E-state index in [2.05, 4.69) is 24.0 Å². The summed E-state index contributed by atoms with van der Waals surface area (Å²) in [6.45, 7) is 1.74. The molecule has 0 unspecified atom stereocenters. The molecule has 4 aromatic rings. The van der Waals surface area contributed by atoms with Crippen molar-refractivity contribution in [1.29, 1.82) is 0 Å². The van der Waals surface area contributed by atoms with Crippen LogP contribution in [0.3, 0.4) is 0 Å². The van der Waals surface area contributed by atoms with Gasteiger partial charge in [-0.25, -0.2) is 13.4 Å². The maximum absolute atomic E-state index is 13.1. The van der Waals surface area contributed by atoms with Gasteiger partial charge in [-0.1, -0.05) is 6.07 Å². The largest absolute Gasteiger partial charge is 0.345 e. The first-order valence-electron chi connectivity index (χ1n) is 9.68. The van der Waals surface area contributed by atoms with Crippen molar-refractivity contribution in [3.8, 4) is 0 Å². The number of sulfonamides is 1. The van der Waals surface area contributed by atoms with Gasteiger partial charge in [0.15, 0.2) is 0 Å². The maximum Gasteiger partial charge on any atom is 0.245 e. The minimum absolute atomic E-state index is 0.167. The number of pyridine rings is 1. The van der Waals surface area contributed by atoms with Gasteiger partial charge in [-0.3, -0.25) is 9.69 Å². The summed E-state index contributed by atoms with van der Waals surface area (Å²) in [5.74, 6) is -0.167. The molecule has 0 spiro atoms. The number of H-pyrrole nitrogens is 1. The third-order valence-corrected chi connectivity index (χ3v) is 7.77. The number of benzene rings is 1. The Kier molecular flexibility index (Phi) is 5.14. The van der Waals surface area contributed by atoms with Crippen LogP contribution in [0.1, 0.15) is 0 Å². The lowest BCUT2D eigenvalue weighted by atomic mass is 10.2. The lowest BCUT2D eigenvalue weighted by Gasteiger charge is -2.33. The van der Waals surface area contributed by atoms with E-state index in [-0.39, 0.29) is 17.3 Å². The number of rotatable bonds is 5. The molecular weight excluding hydrogens is 438 g/mol. The fourth-order valence-electron chi connectivity index (χ4n) is 3.71. The zero-order valence-corrected chi connectivity index (χ0v) is 18.0. The molecule has 31 heavy (non-hydrogen) atoms. The van der Waals surface area contributed by atoms with E-state index in [1.165, 1.54) is 10.5 Å². The lowest BCUT2D eigenvalue weighted by Crippen LogP contribution is -2.50. The summed E-state index contributed by atoms with van der Waals surface area (Å²) in [6, 6.07) is 8.92. The number of amides is 1. The predicted molar refractivity (Wildman–Crippen MR) is 117 cm³/mol. The molecule has 1 aliphatic rings. The van der Waals surface area contributed by atoms with E-state index < -0.39 is 10.0 Å². The Labute approximate surface area is 182 Å². The number of aromatic nitrogens is 4. The summed E-state index contributed by atoms with van der Waals surface area (Å²) in [6.07, 6.45) is 3.10. The van der Waals surface area contributed by atoms with Gasteiger partial charge in [-0.2, -0.15) is 13.1 Å². The van der Waals surface area contributed by atoms with Crippen LogP contribution < -0.4 is 5.32 Å². The molecule has 0 atom stereocenters. The third kappa shape index (κ3) is 3.78. The second-order valence-corrected chi connectivity index (χ2v) is 9.65. The number of hydrogen-bond donors (Lipinski definition) is 2. The fourth-order valence-corrected chi connectivity index (χ4v) is 5.83. The molecule has 0 radical (unpaired) electrons. The van der Waals surface area contributed by atoms with Gasteiger partial charge in [0.25, 0.3) is 0 Å². The first kappa shape index (κ1) is 20.0. The highest BCUT2D eigenvalue weighted by Crippen LogP contribution is 2.25. The Morgan fingerprint density at radius 3 is 2.81 bits per heavy atom. The highest BCUT2D eigenvalue weighted by molar-refractivity contribution is 7.89. The molecule has 2 N–H and O–H groups in total. The third-order valence-electron chi connectivity index (χ3n) is 5.29. The number of hydrogen-bond acceptors (Lipinski definition) is 8. The first-order chi connectivity index (χ1) is 15.0. The smallest absolute Gasteiger partial charge is 0.245 e. The summed E-state index contributed by atoms with van der Waals surface area (Å²) >= 11 is 1.10. The van der Waals surface area contributed by atoms with Crippen molar-refractivity contribution in [2.24, 2.45) is 0 Å². The highest BCUT2D eigenvalue weighted by Gasteiger charge is 2.31. The molecule has 0 bridgehead atoms. The van der Waals surface area contributed by atoms with Crippen molar-refractivity contribution >= 4 is 55.4 Å². The predicted octanol–water partition coefficient (Wildman–Crippen LogP) is 1.51. The number of anilines is 1. The minimum Gasteiger partial charge on any atom is -0.345 e. The van der Waals surface area contributed by atoms with E-state index in [1.807, 2.05) is 17.0 Å². The van der Waals surface area contributed by atoms with E-state index in [0.717, 1.165) is 17.2 Å². The summed E-state index contributed by atoms with van der Waals surface area (Å²) in [7, 11) is -3.64. The molecule has 1 saturated heterocycles. The van der Waals surface area contributed by atoms with Crippen molar-refractivity contribution in [3.63, 3.8) is 0 Å². The van der Waals surface area contributed by atoms with Crippen LogP contribution in [0.5, 0.6) is 0 Å². The normalized spacial score (nSPS) is 16.1. The number of fused-ring (bicyclic) bond motifs is 2. The summed E-state index contributed by atoms with van der Waals surface area (Å²) in [4.78, 5) is 21.8. The summed E-state index contributed by atoms with van der Waals surface area (Å²) in [5, 5.41) is 3.46.